The molecule has 0 aromatic heterocycles. The number of nitrogens with zero attached hydrogens (tertiary/aromatic N) is 1. The van der Waals surface area contributed by atoms with Crippen LogP contribution in [0.4, 0.5) is 0 Å². The largest absolute Gasteiger partial charge is 0.465 e. The van der Waals surface area contributed by atoms with Crippen LogP contribution in [0.15, 0.2) is 0 Å². The van der Waals surface area contributed by atoms with Gasteiger partial charge in [-0.2, -0.15) is 5.26 Å². The summed E-state index contributed by atoms with van der Waals surface area (Å²) in [6.07, 6.45) is 0.303. The van der Waals surface area contributed by atoms with Crippen LogP contribution in [0.25, 0.3) is 0 Å². The molecule has 0 rings (SSSR count). The van der Waals surface area contributed by atoms with Crippen LogP contribution < -0.4 is 0 Å². The summed E-state index contributed by atoms with van der Waals surface area (Å²) in [5.41, 5.74) is 0. The van der Waals surface area contributed by atoms with E-state index in [0.717, 1.165) is 0 Å². The molecule has 0 aliphatic heterocycles. The zero-order valence-corrected chi connectivity index (χ0v) is 8.95. The first-order valence-corrected chi connectivity index (χ1v) is 4.83. The minimum absolute atomic E-state index is 0.0888. The first kappa shape index (κ1) is 12.9. The van der Waals surface area contributed by atoms with E-state index in [9.17, 15) is 4.79 Å². The summed E-state index contributed by atoms with van der Waals surface area (Å²) in [6.45, 7) is 6.33. The number of carbonyl (C=O) groups is 1. The Morgan fingerprint density at radius 1 is 1.43 bits per heavy atom. The molecule has 0 saturated carbocycles. The summed E-state index contributed by atoms with van der Waals surface area (Å²) >= 11 is 0. The number of ether oxygens (including phenoxy) is 2. The third kappa shape index (κ3) is 4.83. The fraction of sp³-hybridized carbons (Fsp3) is 0.800. The Morgan fingerprint density at radius 2 is 2.07 bits per heavy atom. The highest BCUT2D eigenvalue weighted by Gasteiger charge is 2.21. The van der Waals surface area contributed by atoms with E-state index in [0.29, 0.717) is 19.6 Å². The second kappa shape index (κ2) is 7.34. The lowest BCUT2D eigenvalue weighted by molar-refractivity contribution is -0.147. The van der Waals surface area contributed by atoms with Gasteiger partial charge < -0.3 is 9.47 Å². The molecule has 0 N–H and O–H groups in total. The van der Waals surface area contributed by atoms with Gasteiger partial charge >= 0.3 is 5.97 Å². The molecular weight excluding hydrogens is 182 g/mol. The summed E-state index contributed by atoms with van der Waals surface area (Å²) in [4.78, 5) is 11.2. The van der Waals surface area contributed by atoms with E-state index in [4.69, 9.17) is 14.7 Å². The van der Waals surface area contributed by atoms with Crippen molar-refractivity contribution in [3.8, 4) is 6.07 Å². The van der Waals surface area contributed by atoms with E-state index in [1.165, 1.54) is 0 Å². The highest BCUT2D eigenvalue weighted by atomic mass is 16.5. The van der Waals surface area contributed by atoms with Crippen molar-refractivity contribution in [3.63, 3.8) is 0 Å². The average molecular weight is 199 g/mol. The SMILES string of the molecule is CCOC(=O)C(C#N)CC(C)OCC. The Kier molecular flexibility index (Phi) is 6.77. The minimum atomic E-state index is -0.712. The highest BCUT2D eigenvalue weighted by molar-refractivity contribution is 5.75. The monoisotopic (exact) mass is 199 g/mol. The van der Waals surface area contributed by atoms with Crippen molar-refractivity contribution < 1.29 is 14.3 Å². The zero-order chi connectivity index (χ0) is 11.0. The molecule has 2 unspecified atom stereocenters. The van der Waals surface area contributed by atoms with Crippen LogP contribution in [0.1, 0.15) is 27.2 Å². The van der Waals surface area contributed by atoms with Crippen LogP contribution in [0.2, 0.25) is 0 Å². The second-order valence-electron chi connectivity index (χ2n) is 2.94. The number of esters is 1. The fourth-order valence-corrected chi connectivity index (χ4v) is 1.13. The lowest BCUT2D eigenvalue weighted by Gasteiger charge is -2.14. The molecule has 0 heterocycles. The van der Waals surface area contributed by atoms with Crippen molar-refractivity contribution in [2.45, 2.75) is 33.3 Å². The van der Waals surface area contributed by atoms with E-state index in [2.05, 4.69) is 0 Å². The van der Waals surface area contributed by atoms with Gasteiger partial charge in [0.1, 0.15) is 5.92 Å². The van der Waals surface area contributed by atoms with E-state index in [1.807, 2.05) is 19.9 Å². The Morgan fingerprint density at radius 3 is 2.50 bits per heavy atom. The molecule has 0 bridgehead atoms. The normalized spacial score (nSPS) is 14.1. The third-order valence-corrected chi connectivity index (χ3v) is 1.75. The average Bonchev–Trinajstić information content (AvgIpc) is 2.15. The van der Waals surface area contributed by atoms with E-state index in [1.54, 1.807) is 6.92 Å². The molecule has 2 atom stereocenters. The first-order valence-electron chi connectivity index (χ1n) is 4.83. The molecule has 80 valence electrons. The summed E-state index contributed by atoms with van der Waals surface area (Å²) in [5, 5.41) is 8.73. The molecule has 0 aromatic rings. The number of hydrogen-bond acceptors (Lipinski definition) is 4. The van der Waals surface area contributed by atoms with Gasteiger partial charge in [0.15, 0.2) is 0 Å². The van der Waals surface area contributed by atoms with Gasteiger partial charge in [0.25, 0.3) is 0 Å². The van der Waals surface area contributed by atoms with Crippen LogP contribution in [-0.4, -0.2) is 25.3 Å². The van der Waals surface area contributed by atoms with Crippen LogP contribution in [0.5, 0.6) is 0 Å². The lowest BCUT2D eigenvalue weighted by atomic mass is 10.0. The topological polar surface area (TPSA) is 59.3 Å². The highest BCUT2D eigenvalue weighted by Crippen LogP contribution is 2.10. The Bertz CT molecular complexity index is 210. The van der Waals surface area contributed by atoms with Gasteiger partial charge in [-0.25, -0.2) is 0 Å². The molecule has 0 fully saturated rings. The van der Waals surface area contributed by atoms with Crippen LogP contribution >= 0.6 is 0 Å². The van der Waals surface area contributed by atoms with Crippen LogP contribution in [0, 0.1) is 17.2 Å². The molecular formula is C10H17NO3. The predicted octanol–water partition coefficient (Wildman–Crippen LogP) is 1.50. The smallest absolute Gasteiger partial charge is 0.323 e. The summed E-state index contributed by atoms with van der Waals surface area (Å²) < 4.78 is 10.0. The van der Waals surface area contributed by atoms with E-state index < -0.39 is 11.9 Å². The Balaban J connectivity index is 4.03. The molecule has 0 saturated heterocycles. The predicted molar refractivity (Wildman–Crippen MR) is 51.4 cm³/mol. The molecule has 0 aliphatic carbocycles. The molecule has 4 heteroatoms. The van der Waals surface area contributed by atoms with Gasteiger partial charge in [0, 0.05) is 6.61 Å². The fourth-order valence-electron chi connectivity index (χ4n) is 1.13. The lowest BCUT2D eigenvalue weighted by Crippen LogP contribution is -2.22. The maximum absolute atomic E-state index is 11.2. The van der Waals surface area contributed by atoms with Gasteiger partial charge in [-0.15, -0.1) is 0 Å². The van der Waals surface area contributed by atoms with Crippen molar-refractivity contribution in [2.75, 3.05) is 13.2 Å². The van der Waals surface area contributed by atoms with Gasteiger partial charge in [-0.05, 0) is 27.2 Å². The van der Waals surface area contributed by atoms with Crippen molar-refractivity contribution in [2.24, 2.45) is 5.92 Å². The summed E-state index contributed by atoms with van der Waals surface area (Å²) in [5.74, 6) is -1.17. The quantitative estimate of drug-likeness (QED) is 0.608. The van der Waals surface area contributed by atoms with Crippen molar-refractivity contribution in [1.82, 2.24) is 0 Å². The Hall–Kier alpha value is -1.08. The van der Waals surface area contributed by atoms with Gasteiger partial charge in [-0.3, -0.25) is 4.79 Å². The molecule has 0 aliphatic rings. The molecule has 0 amide bonds. The minimum Gasteiger partial charge on any atom is -0.465 e. The number of rotatable bonds is 6. The Labute approximate surface area is 84.8 Å². The maximum Gasteiger partial charge on any atom is 0.323 e. The van der Waals surface area contributed by atoms with Crippen molar-refractivity contribution in [3.05, 3.63) is 0 Å². The molecule has 14 heavy (non-hydrogen) atoms. The summed E-state index contributed by atoms with van der Waals surface area (Å²) in [6, 6.07) is 1.92. The number of nitriles is 1. The maximum atomic E-state index is 11.2. The number of carbonyl (C=O) groups excluding carboxylic acids is 1. The van der Waals surface area contributed by atoms with E-state index in [-0.39, 0.29) is 6.10 Å². The zero-order valence-electron chi connectivity index (χ0n) is 8.95. The van der Waals surface area contributed by atoms with E-state index >= 15 is 0 Å². The summed E-state index contributed by atoms with van der Waals surface area (Å²) in [7, 11) is 0. The van der Waals surface area contributed by atoms with Gasteiger partial charge in [0.05, 0.1) is 18.8 Å². The molecule has 0 spiro atoms. The van der Waals surface area contributed by atoms with Gasteiger partial charge in [-0.1, -0.05) is 0 Å². The molecule has 4 nitrogen and oxygen atoms in total. The second-order valence-corrected chi connectivity index (χ2v) is 2.94. The van der Waals surface area contributed by atoms with Crippen LogP contribution in [0.3, 0.4) is 0 Å². The van der Waals surface area contributed by atoms with Crippen molar-refractivity contribution in [1.29, 1.82) is 5.26 Å². The molecule has 0 aromatic carbocycles. The number of hydrogen-bond donors (Lipinski definition) is 0. The first-order chi connectivity index (χ1) is 6.65. The standard InChI is InChI=1S/C10H17NO3/c1-4-13-8(3)6-9(7-11)10(12)14-5-2/h8-9H,4-6H2,1-3H3. The third-order valence-electron chi connectivity index (χ3n) is 1.75. The van der Waals surface area contributed by atoms with Crippen LogP contribution in [-0.2, 0) is 14.3 Å². The molecule has 0 radical (unpaired) electrons. The van der Waals surface area contributed by atoms with Gasteiger partial charge in [0.2, 0.25) is 0 Å². The van der Waals surface area contributed by atoms with Crippen molar-refractivity contribution >= 4 is 5.97 Å².